The fraction of sp³-hybridized carbons (Fsp3) is 0.318. The van der Waals surface area contributed by atoms with Gasteiger partial charge in [0, 0.05) is 11.6 Å². The molecule has 156 valence electrons. The van der Waals surface area contributed by atoms with Crippen molar-refractivity contribution in [3.8, 4) is 11.4 Å². The summed E-state index contributed by atoms with van der Waals surface area (Å²) in [6, 6.07) is 15.2. The van der Waals surface area contributed by atoms with E-state index in [-0.39, 0.29) is 11.2 Å². The Morgan fingerprint density at radius 1 is 1.07 bits per heavy atom. The van der Waals surface area contributed by atoms with Gasteiger partial charge in [0.15, 0.2) is 11.0 Å². The van der Waals surface area contributed by atoms with E-state index in [1.54, 1.807) is 12.1 Å². The Labute approximate surface area is 190 Å². The van der Waals surface area contributed by atoms with Crippen LogP contribution < -0.4 is 5.32 Å². The van der Waals surface area contributed by atoms with E-state index in [2.05, 4.69) is 20.1 Å². The maximum Gasteiger partial charge on any atom is 0.237 e. The van der Waals surface area contributed by atoms with E-state index in [0.29, 0.717) is 21.8 Å². The summed E-state index contributed by atoms with van der Waals surface area (Å²) in [6.07, 6.45) is 4.50. The van der Waals surface area contributed by atoms with Crippen molar-refractivity contribution in [2.45, 2.75) is 49.1 Å². The van der Waals surface area contributed by atoms with Crippen molar-refractivity contribution in [3.05, 3.63) is 58.6 Å². The molecule has 1 atom stereocenters. The molecule has 1 N–H and O–H groups in total. The Morgan fingerprint density at radius 3 is 2.43 bits per heavy atom. The molecule has 0 aliphatic heterocycles. The molecule has 0 spiro atoms. The van der Waals surface area contributed by atoms with Gasteiger partial charge < -0.3 is 5.32 Å². The number of thioether (sulfide) groups is 1. The molecule has 1 heterocycles. The van der Waals surface area contributed by atoms with Gasteiger partial charge in [0.05, 0.1) is 21.0 Å². The number of nitrogens with zero attached hydrogens (tertiary/aromatic N) is 3. The van der Waals surface area contributed by atoms with E-state index >= 15 is 0 Å². The zero-order valence-corrected chi connectivity index (χ0v) is 18.8. The lowest BCUT2D eigenvalue weighted by Gasteiger charge is -2.19. The molecule has 4 rings (SSSR count). The highest BCUT2D eigenvalue weighted by Gasteiger charge is 2.28. The molecular formula is C22H22Cl2N4OS. The lowest BCUT2D eigenvalue weighted by molar-refractivity contribution is -0.115. The molecule has 0 bridgehead atoms. The molecule has 1 aliphatic rings. The first-order valence-electron chi connectivity index (χ1n) is 9.96. The van der Waals surface area contributed by atoms with Crippen LogP contribution in [0.1, 0.15) is 38.6 Å². The maximum atomic E-state index is 12.8. The van der Waals surface area contributed by atoms with Crippen molar-refractivity contribution in [1.82, 2.24) is 14.8 Å². The molecule has 8 heteroatoms. The van der Waals surface area contributed by atoms with Gasteiger partial charge in [0.1, 0.15) is 0 Å². The van der Waals surface area contributed by atoms with Crippen LogP contribution in [-0.4, -0.2) is 25.9 Å². The fourth-order valence-electron chi connectivity index (χ4n) is 3.68. The molecule has 0 radical (unpaired) electrons. The summed E-state index contributed by atoms with van der Waals surface area (Å²) in [5.74, 6) is 0.627. The first-order valence-corrected chi connectivity index (χ1v) is 11.6. The van der Waals surface area contributed by atoms with E-state index in [4.69, 9.17) is 23.2 Å². The summed E-state index contributed by atoms with van der Waals surface area (Å²) in [7, 11) is 0. The topological polar surface area (TPSA) is 59.8 Å². The normalized spacial score (nSPS) is 15.3. The second-order valence-electron chi connectivity index (χ2n) is 7.32. The Morgan fingerprint density at radius 2 is 1.73 bits per heavy atom. The third-order valence-electron chi connectivity index (χ3n) is 5.25. The van der Waals surface area contributed by atoms with Gasteiger partial charge in [-0.3, -0.25) is 9.36 Å². The molecule has 1 aliphatic carbocycles. The van der Waals surface area contributed by atoms with Gasteiger partial charge in [-0.25, -0.2) is 0 Å². The van der Waals surface area contributed by atoms with Gasteiger partial charge in [-0.15, -0.1) is 10.2 Å². The van der Waals surface area contributed by atoms with Crippen molar-refractivity contribution in [3.63, 3.8) is 0 Å². The molecule has 1 saturated carbocycles. The van der Waals surface area contributed by atoms with Crippen molar-refractivity contribution in [2.24, 2.45) is 0 Å². The van der Waals surface area contributed by atoms with Crippen LogP contribution in [0.2, 0.25) is 10.0 Å². The number of benzene rings is 2. The van der Waals surface area contributed by atoms with Gasteiger partial charge in [-0.05, 0) is 44.0 Å². The lowest BCUT2D eigenvalue weighted by atomic mass is 10.2. The standard InChI is InChI=1S/C22H22Cl2N4OS/c1-14(21(29)25-19-13-7-6-12-18(19)24)30-22-27-26-20(16-10-4-5-11-17(16)23)28(22)15-8-2-3-9-15/h4-7,10-15H,2-3,8-9H2,1H3,(H,25,29). The number of halogens is 2. The van der Waals surface area contributed by atoms with Crippen LogP contribution in [-0.2, 0) is 4.79 Å². The monoisotopic (exact) mass is 460 g/mol. The average molecular weight is 461 g/mol. The summed E-state index contributed by atoms with van der Waals surface area (Å²) < 4.78 is 2.16. The molecule has 1 amide bonds. The van der Waals surface area contributed by atoms with E-state index in [0.717, 1.165) is 29.4 Å². The van der Waals surface area contributed by atoms with Gasteiger partial charge in [0.2, 0.25) is 5.91 Å². The molecule has 0 saturated heterocycles. The highest BCUT2D eigenvalue weighted by atomic mass is 35.5. The molecule has 5 nitrogen and oxygen atoms in total. The van der Waals surface area contributed by atoms with E-state index in [9.17, 15) is 4.79 Å². The van der Waals surface area contributed by atoms with Crippen LogP contribution in [0.5, 0.6) is 0 Å². The van der Waals surface area contributed by atoms with Gasteiger partial charge in [-0.2, -0.15) is 0 Å². The van der Waals surface area contributed by atoms with Crippen LogP contribution in [0.4, 0.5) is 5.69 Å². The molecular weight excluding hydrogens is 439 g/mol. The second kappa shape index (κ2) is 9.41. The van der Waals surface area contributed by atoms with Gasteiger partial charge in [-0.1, -0.05) is 72.1 Å². The Bertz CT molecular complexity index is 1050. The van der Waals surface area contributed by atoms with Crippen molar-refractivity contribution < 1.29 is 4.79 Å². The zero-order valence-electron chi connectivity index (χ0n) is 16.5. The summed E-state index contributed by atoms with van der Waals surface area (Å²) in [5, 5.41) is 13.3. The van der Waals surface area contributed by atoms with Crippen LogP contribution in [0.3, 0.4) is 0 Å². The van der Waals surface area contributed by atoms with Gasteiger partial charge >= 0.3 is 0 Å². The smallest absolute Gasteiger partial charge is 0.237 e. The number of rotatable bonds is 6. The first kappa shape index (κ1) is 21.2. The number of hydrogen-bond acceptors (Lipinski definition) is 4. The van der Waals surface area contributed by atoms with Gasteiger partial charge in [0.25, 0.3) is 0 Å². The molecule has 1 unspecified atom stereocenters. The van der Waals surface area contributed by atoms with Crippen molar-refractivity contribution >= 4 is 46.6 Å². The van der Waals surface area contributed by atoms with E-state index in [1.807, 2.05) is 43.3 Å². The first-order chi connectivity index (χ1) is 14.5. The second-order valence-corrected chi connectivity index (χ2v) is 9.45. The summed E-state index contributed by atoms with van der Waals surface area (Å²) in [5.41, 5.74) is 1.46. The summed E-state index contributed by atoms with van der Waals surface area (Å²) in [4.78, 5) is 12.8. The van der Waals surface area contributed by atoms with E-state index in [1.165, 1.54) is 24.6 Å². The number of carbonyl (C=O) groups is 1. The molecule has 1 aromatic heterocycles. The van der Waals surface area contributed by atoms with Crippen molar-refractivity contribution in [2.75, 3.05) is 5.32 Å². The minimum Gasteiger partial charge on any atom is -0.324 e. The van der Waals surface area contributed by atoms with Crippen LogP contribution in [0.15, 0.2) is 53.7 Å². The number of amides is 1. The van der Waals surface area contributed by atoms with Crippen LogP contribution in [0, 0.1) is 0 Å². The third-order valence-corrected chi connectivity index (χ3v) is 6.97. The number of hydrogen-bond donors (Lipinski definition) is 1. The lowest BCUT2D eigenvalue weighted by Crippen LogP contribution is -2.23. The summed E-state index contributed by atoms with van der Waals surface area (Å²) in [6.45, 7) is 1.86. The number of aromatic nitrogens is 3. The number of anilines is 1. The highest BCUT2D eigenvalue weighted by Crippen LogP contribution is 2.39. The largest absolute Gasteiger partial charge is 0.324 e. The minimum absolute atomic E-state index is 0.131. The SMILES string of the molecule is CC(Sc1nnc(-c2ccccc2Cl)n1C1CCCC1)C(=O)Nc1ccccc1Cl. The maximum absolute atomic E-state index is 12.8. The van der Waals surface area contributed by atoms with Crippen molar-refractivity contribution in [1.29, 1.82) is 0 Å². The predicted octanol–water partition coefficient (Wildman–Crippen LogP) is 6.49. The molecule has 2 aromatic carbocycles. The molecule has 30 heavy (non-hydrogen) atoms. The van der Waals surface area contributed by atoms with Crippen LogP contribution in [0.25, 0.3) is 11.4 Å². The highest BCUT2D eigenvalue weighted by molar-refractivity contribution is 8.00. The predicted molar refractivity (Wildman–Crippen MR) is 123 cm³/mol. The quantitative estimate of drug-likeness (QED) is 0.427. The Balaban J connectivity index is 1.60. The number of nitrogens with one attached hydrogen (secondary N) is 1. The Hall–Kier alpha value is -2.02. The average Bonchev–Trinajstić information content (AvgIpc) is 3.40. The molecule has 1 fully saturated rings. The van der Waals surface area contributed by atoms with E-state index < -0.39 is 0 Å². The number of carbonyl (C=O) groups excluding carboxylic acids is 1. The number of para-hydroxylation sites is 1. The van der Waals surface area contributed by atoms with Crippen LogP contribution >= 0.6 is 35.0 Å². The Kier molecular flexibility index (Phi) is 6.66. The summed E-state index contributed by atoms with van der Waals surface area (Å²) >= 11 is 14.0. The third kappa shape index (κ3) is 4.51. The molecule has 3 aromatic rings. The fourth-order valence-corrected chi connectivity index (χ4v) is 5.01. The zero-order chi connectivity index (χ0) is 21.1. The minimum atomic E-state index is -0.371.